The van der Waals surface area contributed by atoms with Crippen molar-refractivity contribution in [3.05, 3.63) is 71.8 Å². The van der Waals surface area contributed by atoms with Crippen LogP contribution in [-0.4, -0.2) is 11.3 Å². The molecule has 0 atom stereocenters. The first-order valence-corrected chi connectivity index (χ1v) is 7.68. The Morgan fingerprint density at radius 3 is 1.32 bits per heavy atom. The van der Waals surface area contributed by atoms with Crippen molar-refractivity contribution in [1.82, 2.24) is 0 Å². The summed E-state index contributed by atoms with van der Waals surface area (Å²) in [5.41, 5.74) is 25.5. The molecule has 3 rings (SSSR count). The van der Waals surface area contributed by atoms with Gasteiger partial charge in [0, 0.05) is 0 Å². The van der Waals surface area contributed by atoms with E-state index in [0.717, 1.165) is 17.5 Å². The highest BCUT2D eigenvalue weighted by atomic mass is 15.1. The molecule has 22 heavy (non-hydrogen) atoms. The summed E-state index contributed by atoms with van der Waals surface area (Å²) in [6.07, 6.45) is 2.17. The summed E-state index contributed by atoms with van der Waals surface area (Å²) in [7, 11) is 0. The molecule has 4 heteroatoms. The molecule has 4 nitrogen and oxygen atoms in total. The largest absolute Gasteiger partial charge is 0.312 e. The second-order valence-corrected chi connectivity index (χ2v) is 6.42. The van der Waals surface area contributed by atoms with Gasteiger partial charge in [0.05, 0.1) is 16.7 Å². The second kappa shape index (κ2) is 5.18. The number of benzene rings is 2. The minimum Gasteiger partial charge on any atom is -0.312 e. The number of hydrogen-bond donors (Lipinski definition) is 4. The fourth-order valence-corrected chi connectivity index (χ4v) is 4.10. The average molecular weight is 296 g/mol. The minimum atomic E-state index is -1.02. The minimum absolute atomic E-state index is 0.674. The summed E-state index contributed by atoms with van der Waals surface area (Å²) in [5, 5.41) is 0. The van der Waals surface area contributed by atoms with E-state index in [-0.39, 0.29) is 0 Å². The molecule has 0 spiro atoms. The molecule has 0 aromatic heterocycles. The molecule has 0 unspecified atom stereocenters. The normalized spacial score (nSPS) is 22.2. The quantitative estimate of drug-likeness (QED) is 0.628. The molecule has 0 amide bonds. The van der Waals surface area contributed by atoms with Crippen LogP contribution in [0.3, 0.4) is 0 Å². The fourth-order valence-electron chi connectivity index (χ4n) is 4.10. The highest BCUT2D eigenvalue weighted by molar-refractivity contribution is 5.49. The molecule has 1 aliphatic carbocycles. The molecule has 1 fully saturated rings. The average Bonchev–Trinajstić information content (AvgIpc) is 2.48. The smallest absolute Gasteiger partial charge is 0.0821 e. The van der Waals surface area contributed by atoms with Gasteiger partial charge < -0.3 is 22.9 Å². The molecule has 0 heterocycles. The van der Waals surface area contributed by atoms with Crippen LogP contribution >= 0.6 is 0 Å². The highest BCUT2D eigenvalue weighted by Gasteiger charge is 2.61. The predicted octanol–water partition coefficient (Wildman–Crippen LogP) is 1.38. The lowest BCUT2D eigenvalue weighted by Gasteiger charge is -2.58. The Hall–Kier alpha value is -1.72. The summed E-state index contributed by atoms with van der Waals surface area (Å²) in [6.45, 7) is 0. The zero-order chi connectivity index (χ0) is 15.8. The summed E-state index contributed by atoms with van der Waals surface area (Å²) < 4.78 is 0. The van der Waals surface area contributed by atoms with Gasteiger partial charge >= 0.3 is 0 Å². The van der Waals surface area contributed by atoms with Gasteiger partial charge in [0.2, 0.25) is 0 Å². The molecule has 2 aromatic rings. The van der Waals surface area contributed by atoms with E-state index in [2.05, 4.69) is 0 Å². The van der Waals surface area contributed by atoms with Crippen molar-refractivity contribution in [1.29, 1.82) is 0 Å². The SMILES string of the molecule is NC1(N)CCCC(N)(N)C1(c1ccccc1)c1ccccc1. The Morgan fingerprint density at radius 2 is 0.955 bits per heavy atom. The van der Waals surface area contributed by atoms with Gasteiger partial charge in [-0.05, 0) is 30.4 Å². The van der Waals surface area contributed by atoms with E-state index in [4.69, 9.17) is 22.9 Å². The molecule has 0 saturated heterocycles. The molecule has 0 radical (unpaired) electrons. The van der Waals surface area contributed by atoms with Gasteiger partial charge in [0.1, 0.15) is 0 Å². The zero-order valence-electron chi connectivity index (χ0n) is 12.7. The van der Waals surface area contributed by atoms with E-state index >= 15 is 0 Å². The van der Waals surface area contributed by atoms with Crippen LogP contribution in [0, 0.1) is 0 Å². The van der Waals surface area contributed by atoms with Gasteiger partial charge in [-0.25, -0.2) is 0 Å². The first kappa shape index (κ1) is 15.2. The van der Waals surface area contributed by atoms with Crippen LogP contribution in [0.4, 0.5) is 0 Å². The van der Waals surface area contributed by atoms with Crippen molar-refractivity contribution in [3.8, 4) is 0 Å². The van der Waals surface area contributed by atoms with E-state index in [0.29, 0.717) is 12.8 Å². The Bertz CT molecular complexity index is 577. The summed E-state index contributed by atoms with van der Waals surface area (Å²) >= 11 is 0. The number of hydrogen-bond acceptors (Lipinski definition) is 4. The number of nitrogens with two attached hydrogens (primary N) is 4. The van der Waals surface area contributed by atoms with Gasteiger partial charge in [-0.2, -0.15) is 0 Å². The van der Waals surface area contributed by atoms with E-state index < -0.39 is 16.7 Å². The lowest BCUT2D eigenvalue weighted by molar-refractivity contribution is 0.0869. The Morgan fingerprint density at radius 1 is 0.591 bits per heavy atom. The maximum Gasteiger partial charge on any atom is 0.0821 e. The van der Waals surface area contributed by atoms with Crippen LogP contribution in [0.2, 0.25) is 0 Å². The van der Waals surface area contributed by atoms with Gasteiger partial charge in [0.15, 0.2) is 0 Å². The van der Waals surface area contributed by atoms with Crippen LogP contribution in [0.1, 0.15) is 30.4 Å². The standard InChI is InChI=1S/C18H24N4/c19-16(20)12-7-13-17(21,22)18(16,14-8-3-1-4-9-14)15-10-5-2-6-11-15/h1-6,8-11H,7,12-13,19-22H2. The Balaban J connectivity index is 2.36. The van der Waals surface area contributed by atoms with Gasteiger partial charge in [-0.3, -0.25) is 0 Å². The van der Waals surface area contributed by atoms with E-state index in [1.54, 1.807) is 0 Å². The van der Waals surface area contributed by atoms with E-state index in [9.17, 15) is 0 Å². The summed E-state index contributed by atoms with van der Waals surface area (Å²) in [6, 6.07) is 19.9. The van der Waals surface area contributed by atoms with Gasteiger partial charge in [0.25, 0.3) is 0 Å². The van der Waals surface area contributed by atoms with E-state index in [1.807, 2.05) is 60.7 Å². The number of rotatable bonds is 2. The van der Waals surface area contributed by atoms with Crippen molar-refractivity contribution >= 4 is 0 Å². The molecule has 1 saturated carbocycles. The maximum absolute atomic E-state index is 6.61. The van der Waals surface area contributed by atoms with Crippen LogP contribution in [0.5, 0.6) is 0 Å². The van der Waals surface area contributed by atoms with Crippen molar-refractivity contribution < 1.29 is 0 Å². The molecule has 8 N–H and O–H groups in total. The molecular formula is C18H24N4. The van der Waals surface area contributed by atoms with Gasteiger partial charge in [-0.1, -0.05) is 60.7 Å². The molecule has 1 aliphatic rings. The van der Waals surface area contributed by atoms with Crippen molar-refractivity contribution in [3.63, 3.8) is 0 Å². The monoisotopic (exact) mass is 296 g/mol. The fraction of sp³-hybridized carbons (Fsp3) is 0.333. The Labute approximate surface area is 131 Å². The van der Waals surface area contributed by atoms with Crippen molar-refractivity contribution in [2.45, 2.75) is 36.0 Å². The predicted molar refractivity (Wildman–Crippen MR) is 89.7 cm³/mol. The maximum atomic E-state index is 6.61. The second-order valence-electron chi connectivity index (χ2n) is 6.42. The molecule has 2 aromatic carbocycles. The molecule has 0 aliphatic heterocycles. The first-order chi connectivity index (χ1) is 10.4. The van der Waals surface area contributed by atoms with Gasteiger partial charge in [-0.15, -0.1) is 0 Å². The third-order valence-corrected chi connectivity index (χ3v) is 4.99. The summed E-state index contributed by atoms with van der Waals surface area (Å²) in [4.78, 5) is 0. The first-order valence-electron chi connectivity index (χ1n) is 7.68. The summed E-state index contributed by atoms with van der Waals surface area (Å²) in [5.74, 6) is 0. The lowest BCUT2D eigenvalue weighted by atomic mass is 9.54. The Kier molecular flexibility index (Phi) is 3.57. The van der Waals surface area contributed by atoms with Crippen molar-refractivity contribution in [2.75, 3.05) is 0 Å². The van der Waals surface area contributed by atoms with Crippen LogP contribution in [0.25, 0.3) is 0 Å². The lowest BCUT2D eigenvalue weighted by Crippen LogP contribution is -2.81. The molecule has 0 bridgehead atoms. The van der Waals surface area contributed by atoms with Crippen LogP contribution < -0.4 is 22.9 Å². The zero-order valence-corrected chi connectivity index (χ0v) is 12.7. The highest BCUT2D eigenvalue weighted by Crippen LogP contribution is 2.50. The van der Waals surface area contributed by atoms with Crippen LogP contribution in [-0.2, 0) is 5.41 Å². The molecular weight excluding hydrogens is 272 g/mol. The van der Waals surface area contributed by atoms with Crippen LogP contribution in [0.15, 0.2) is 60.7 Å². The third-order valence-electron chi connectivity index (χ3n) is 4.99. The van der Waals surface area contributed by atoms with E-state index in [1.165, 1.54) is 0 Å². The topological polar surface area (TPSA) is 104 Å². The molecule has 116 valence electrons. The van der Waals surface area contributed by atoms with Crippen molar-refractivity contribution in [2.24, 2.45) is 22.9 Å². The third kappa shape index (κ3) is 2.00.